The number of halogens is 1. The zero-order valence-corrected chi connectivity index (χ0v) is 22.7. The van der Waals surface area contributed by atoms with Gasteiger partial charge in [0, 0.05) is 30.8 Å². The molecule has 0 saturated heterocycles. The van der Waals surface area contributed by atoms with E-state index < -0.39 is 11.7 Å². The van der Waals surface area contributed by atoms with Gasteiger partial charge in [0.1, 0.15) is 5.82 Å². The van der Waals surface area contributed by atoms with Crippen LogP contribution < -0.4 is 16.0 Å². The smallest absolute Gasteiger partial charge is 0.306 e. The van der Waals surface area contributed by atoms with Crippen molar-refractivity contribution in [1.29, 1.82) is 0 Å². The molecule has 0 atom stereocenters. The lowest BCUT2D eigenvalue weighted by Gasteiger charge is -2.29. The zero-order valence-electron chi connectivity index (χ0n) is 22.7. The number of imidazole rings is 1. The molecule has 0 aromatic carbocycles. The number of carbonyl (C=O) groups is 2. The number of ether oxygens (including phenoxy) is 1. The summed E-state index contributed by atoms with van der Waals surface area (Å²) in [7, 11) is 0. The van der Waals surface area contributed by atoms with Gasteiger partial charge in [0.05, 0.1) is 30.4 Å². The quantitative estimate of drug-likeness (QED) is 0.325. The summed E-state index contributed by atoms with van der Waals surface area (Å²) in [5.74, 6) is -0.323. The van der Waals surface area contributed by atoms with Gasteiger partial charge >= 0.3 is 5.97 Å². The molecule has 0 spiro atoms. The molecule has 3 aromatic rings. The maximum absolute atomic E-state index is 14.1. The number of rotatable bonds is 9. The molecule has 0 bridgehead atoms. The fraction of sp³-hybridized carbons (Fsp3) is 0.536. The molecule has 2 saturated carbocycles. The molecule has 208 valence electrons. The lowest BCUT2D eigenvalue weighted by Crippen LogP contribution is -2.28. The third-order valence-corrected chi connectivity index (χ3v) is 6.98. The Labute approximate surface area is 227 Å². The van der Waals surface area contributed by atoms with E-state index in [0.717, 1.165) is 50.4 Å². The second-order valence-corrected chi connectivity index (χ2v) is 11.8. The fourth-order valence-corrected chi connectivity index (χ4v) is 4.72. The van der Waals surface area contributed by atoms with E-state index in [1.807, 2.05) is 26.8 Å². The number of esters is 1. The summed E-state index contributed by atoms with van der Waals surface area (Å²) in [6.07, 6.45) is 10.2. The Hall–Kier alpha value is -3.76. The molecule has 0 radical (unpaired) electrons. The predicted octanol–water partition coefficient (Wildman–Crippen LogP) is 5.04. The van der Waals surface area contributed by atoms with Crippen molar-refractivity contribution in [3.8, 4) is 0 Å². The van der Waals surface area contributed by atoms with Crippen molar-refractivity contribution in [2.24, 2.45) is 11.3 Å². The first-order chi connectivity index (χ1) is 18.6. The highest BCUT2D eigenvalue weighted by molar-refractivity contribution is 6.03. The van der Waals surface area contributed by atoms with Crippen LogP contribution in [0.4, 0.5) is 21.6 Å². The summed E-state index contributed by atoms with van der Waals surface area (Å²) < 4.78 is 21.0. The Morgan fingerprint density at radius 3 is 2.46 bits per heavy atom. The lowest BCUT2D eigenvalue weighted by atomic mass is 9.84. The van der Waals surface area contributed by atoms with E-state index in [1.165, 1.54) is 23.0 Å². The molecule has 3 N–H and O–H groups in total. The Balaban J connectivity index is 1.27. The minimum Gasteiger partial charge on any atom is -0.465 e. The van der Waals surface area contributed by atoms with Crippen LogP contribution in [0.25, 0.3) is 5.65 Å². The molecular weight excluding hydrogens is 501 g/mol. The third-order valence-electron chi connectivity index (χ3n) is 6.98. The zero-order chi connectivity index (χ0) is 27.6. The van der Waals surface area contributed by atoms with Crippen LogP contribution in [0.2, 0.25) is 0 Å². The summed E-state index contributed by atoms with van der Waals surface area (Å²) in [5, 5.41) is 14.3. The Morgan fingerprint density at radius 2 is 1.77 bits per heavy atom. The number of pyridine rings is 1. The number of anilines is 3. The van der Waals surface area contributed by atoms with Crippen LogP contribution in [0.5, 0.6) is 0 Å². The molecule has 1 amide bonds. The first-order valence-corrected chi connectivity index (χ1v) is 13.6. The maximum Gasteiger partial charge on any atom is 0.306 e. The SMILES string of the molecule is CC(C)(C)COC(=O)CC1CCC(Nc2cc(NC3CC3)c3ncc(C(=O)Nc4ccncc4F)n3n2)CC1. The predicted molar refractivity (Wildman–Crippen MR) is 146 cm³/mol. The average Bonchev–Trinajstić information content (AvgIpc) is 3.60. The van der Waals surface area contributed by atoms with Crippen molar-refractivity contribution in [3.63, 3.8) is 0 Å². The standard InChI is InChI=1S/C28H36FN7O3/c1-28(2,3)16-39-25(37)12-17-4-6-19(7-5-17)33-24-13-22(32-18-8-9-18)26-31-15-23(36(26)35-24)27(38)34-21-10-11-30-14-20(21)29/h10-11,13-15,17-19,32H,4-9,12,16H2,1-3H3,(H,33,35)(H,30,34,38). The molecule has 2 fully saturated rings. The molecule has 3 aromatic heterocycles. The van der Waals surface area contributed by atoms with Crippen LogP contribution >= 0.6 is 0 Å². The van der Waals surface area contributed by atoms with Gasteiger partial charge < -0.3 is 20.7 Å². The second-order valence-electron chi connectivity index (χ2n) is 11.8. The summed E-state index contributed by atoms with van der Waals surface area (Å²) in [4.78, 5) is 33.5. The van der Waals surface area contributed by atoms with E-state index in [-0.39, 0.29) is 28.8 Å². The van der Waals surface area contributed by atoms with Gasteiger partial charge in [-0.2, -0.15) is 0 Å². The van der Waals surface area contributed by atoms with E-state index in [1.54, 1.807) is 0 Å². The Kier molecular flexibility index (Phi) is 7.67. The summed E-state index contributed by atoms with van der Waals surface area (Å²) in [6.45, 7) is 6.58. The summed E-state index contributed by atoms with van der Waals surface area (Å²) in [6, 6.07) is 3.90. The first-order valence-electron chi connectivity index (χ1n) is 13.6. The lowest BCUT2D eigenvalue weighted by molar-refractivity contribution is -0.147. The minimum atomic E-state index is -0.621. The minimum absolute atomic E-state index is 0.0367. The fourth-order valence-electron chi connectivity index (χ4n) is 4.72. The van der Waals surface area contributed by atoms with Gasteiger partial charge in [0.25, 0.3) is 5.91 Å². The van der Waals surface area contributed by atoms with Gasteiger partial charge in [-0.3, -0.25) is 14.6 Å². The highest BCUT2D eigenvalue weighted by Gasteiger charge is 2.27. The van der Waals surface area contributed by atoms with Crippen molar-refractivity contribution in [2.75, 3.05) is 22.6 Å². The number of hydrogen-bond acceptors (Lipinski definition) is 8. The monoisotopic (exact) mass is 537 g/mol. The number of carbonyl (C=O) groups excluding carboxylic acids is 2. The largest absolute Gasteiger partial charge is 0.465 e. The number of fused-ring (bicyclic) bond motifs is 1. The van der Waals surface area contributed by atoms with Crippen molar-refractivity contribution < 1.29 is 18.7 Å². The van der Waals surface area contributed by atoms with Gasteiger partial charge in [0.2, 0.25) is 0 Å². The second kappa shape index (κ2) is 11.2. The van der Waals surface area contributed by atoms with E-state index in [4.69, 9.17) is 4.74 Å². The molecule has 2 aliphatic rings. The highest BCUT2D eigenvalue weighted by Crippen LogP contribution is 2.32. The normalized spacial score (nSPS) is 19.5. The van der Waals surface area contributed by atoms with Crippen LogP contribution in [-0.2, 0) is 9.53 Å². The summed E-state index contributed by atoms with van der Waals surface area (Å²) in [5.41, 5.74) is 1.52. The molecule has 2 aliphatic carbocycles. The van der Waals surface area contributed by atoms with Crippen molar-refractivity contribution in [1.82, 2.24) is 19.6 Å². The number of nitrogens with zero attached hydrogens (tertiary/aromatic N) is 4. The molecule has 0 aliphatic heterocycles. The van der Waals surface area contributed by atoms with Crippen LogP contribution in [0, 0.1) is 17.2 Å². The van der Waals surface area contributed by atoms with Gasteiger partial charge in [-0.05, 0) is 55.9 Å². The van der Waals surface area contributed by atoms with Crippen molar-refractivity contribution in [3.05, 3.63) is 42.2 Å². The van der Waals surface area contributed by atoms with Gasteiger partial charge in [-0.25, -0.2) is 13.9 Å². The van der Waals surface area contributed by atoms with Crippen molar-refractivity contribution >= 4 is 34.7 Å². The molecule has 11 heteroatoms. The molecule has 10 nitrogen and oxygen atoms in total. The molecule has 3 heterocycles. The topological polar surface area (TPSA) is 123 Å². The van der Waals surface area contributed by atoms with E-state index in [2.05, 4.69) is 31.0 Å². The van der Waals surface area contributed by atoms with Gasteiger partial charge in [-0.15, -0.1) is 5.10 Å². The Morgan fingerprint density at radius 1 is 1.05 bits per heavy atom. The number of aromatic nitrogens is 4. The van der Waals surface area contributed by atoms with Crippen LogP contribution in [0.3, 0.4) is 0 Å². The number of amides is 1. The maximum atomic E-state index is 14.1. The van der Waals surface area contributed by atoms with Crippen LogP contribution in [0.1, 0.15) is 76.2 Å². The van der Waals surface area contributed by atoms with Crippen LogP contribution in [0.15, 0.2) is 30.7 Å². The van der Waals surface area contributed by atoms with E-state index >= 15 is 0 Å². The Bertz CT molecular complexity index is 1340. The first kappa shape index (κ1) is 26.8. The van der Waals surface area contributed by atoms with E-state index in [0.29, 0.717) is 36.5 Å². The van der Waals surface area contributed by atoms with Crippen LogP contribution in [-0.4, -0.2) is 50.1 Å². The third kappa shape index (κ3) is 7.01. The number of hydrogen-bond donors (Lipinski definition) is 3. The van der Waals surface area contributed by atoms with E-state index in [9.17, 15) is 14.0 Å². The summed E-state index contributed by atoms with van der Waals surface area (Å²) >= 11 is 0. The van der Waals surface area contributed by atoms with Gasteiger partial charge in [-0.1, -0.05) is 20.8 Å². The van der Waals surface area contributed by atoms with Crippen molar-refractivity contribution in [2.45, 2.75) is 77.8 Å². The number of nitrogens with one attached hydrogen (secondary N) is 3. The molecule has 39 heavy (non-hydrogen) atoms. The van der Waals surface area contributed by atoms with Gasteiger partial charge in [0.15, 0.2) is 17.2 Å². The molecule has 0 unspecified atom stereocenters. The molecule has 5 rings (SSSR count). The highest BCUT2D eigenvalue weighted by atomic mass is 19.1. The average molecular weight is 538 g/mol. The molecular formula is C28H36FN7O3.